The van der Waals surface area contributed by atoms with Crippen molar-refractivity contribution >= 4 is 70.8 Å². The Labute approximate surface area is 156 Å². The lowest BCUT2D eigenvalue weighted by molar-refractivity contribution is -0.105. The van der Waals surface area contributed by atoms with Crippen molar-refractivity contribution in [2.45, 2.75) is 26.2 Å². The topological polar surface area (TPSA) is 54.9 Å². The van der Waals surface area contributed by atoms with E-state index in [1.54, 1.807) is 18.7 Å². The van der Waals surface area contributed by atoms with E-state index in [1.807, 2.05) is 19.2 Å². The Balaban J connectivity index is 0.000000534. The van der Waals surface area contributed by atoms with Crippen LogP contribution in [0.1, 0.15) is 25.0 Å². The highest BCUT2D eigenvalue weighted by molar-refractivity contribution is 14.1. The molecule has 0 spiro atoms. The molecule has 1 saturated carbocycles. The summed E-state index contributed by atoms with van der Waals surface area (Å²) in [4.78, 5) is 18.7. The highest BCUT2D eigenvalue weighted by Crippen LogP contribution is 2.23. The van der Waals surface area contributed by atoms with E-state index in [0.717, 1.165) is 20.0 Å². The number of hydrogen-bond donors (Lipinski definition) is 3. The van der Waals surface area contributed by atoms with Crippen molar-refractivity contribution in [3.05, 3.63) is 27.7 Å². The number of thiol groups is 2. The summed E-state index contributed by atoms with van der Waals surface area (Å²) in [5.41, 5.74) is 0.940. The Morgan fingerprint density at radius 2 is 1.68 bits per heavy atom. The first-order valence-electron chi connectivity index (χ1n) is 6.73. The number of hydrogen-bond acceptors (Lipinski definition) is 5. The molecule has 0 radical (unpaired) electrons. The first kappa shape index (κ1) is 21.5. The van der Waals surface area contributed by atoms with Crippen LogP contribution in [-0.2, 0) is 4.79 Å². The summed E-state index contributed by atoms with van der Waals surface area (Å²) >= 11 is 9.27. The maximum atomic E-state index is 10.3. The first-order chi connectivity index (χ1) is 10.7. The predicted octanol–water partition coefficient (Wildman–Crippen LogP) is 4.37. The van der Waals surface area contributed by atoms with E-state index in [9.17, 15) is 4.79 Å². The van der Waals surface area contributed by atoms with E-state index in [4.69, 9.17) is 0 Å². The third kappa shape index (κ3) is 7.64. The highest BCUT2D eigenvalue weighted by atomic mass is 127. The van der Waals surface area contributed by atoms with E-state index in [-0.39, 0.29) is 0 Å². The normalized spacial score (nSPS) is 10.8. The second kappa shape index (κ2) is 13.0. The lowest BCUT2D eigenvalue weighted by atomic mass is 10.2. The largest absolute Gasteiger partial charge is 0.313 e. The van der Waals surface area contributed by atoms with Crippen molar-refractivity contribution in [3.63, 3.8) is 0 Å². The van der Waals surface area contributed by atoms with E-state index >= 15 is 0 Å². The number of fused-ring (bicyclic) bond motifs is 1. The molecule has 2 aromatic heterocycles. The molecular weight excluding hydrogens is 429 g/mol. The predicted molar refractivity (Wildman–Crippen MR) is 110 cm³/mol. The average Bonchev–Trinajstić information content (AvgIpc) is 3.44. The van der Waals surface area contributed by atoms with Gasteiger partial charge in [-0.3, -0.25) is 9.78 Å². The molecule has 2 aromatic rings. The summed E-state index contributed by atoms with van der Waals surface area (Å²) in [6, 6.07) is 1.85. The standard InChI is InChI=1S/C10H8IN3O.C3H6.2CH4S/c1-6-8-3-13-10(14-5-15)2-7(8)9(11)4-12-6;1-2-3-1;2*1-2/h2-5H,1H3,(H,13,14,15);1-3H2;2*2H,1H3. The van der Waals surface area contributed by atoms with Crippen LogP contribution in [0.4, 0.5) is 5.82 Å². The zero-order chi connectivity index (χ0) is 17.0. The van der Waals surface area contributed by atoms with Crippen molar-refractivity contribution in [2.24, 2.45) is 0 Å². The summed E-state index contributed by atoms with van der Waals surface area (Å²) in [7, 11) is 0. The van der Waals surface area contributed by atoms with Gasteiger partial charge in [0.25, 0.3) is 0 Å². The second-order valence-electron chi connectivity index (χ2n) is 4.13. The van der Waals surface area contributed by atoms with Crippen LogP contribution in [0.5, 0.6) is 0 Å². The summed E-state index contributed by atoms with van der Waals surface area (Å²) in [5, 5.41) is 4.60. The van der Waals surface area contributed by atoms with Gasteiger partial charge in [-0.1, -0.05) is 19.3 Å². The van der Waals surface area contributed by atoms with Crippen molar-refractivity contribution in [1.82, 2.24) is 9.97 Å². The van der Waals surface area contributed by atoms with Gasteiger partial charge in [0, 0.05) is 32.4 Å². The Hall–Kier alpha value is -0.540. The fourth-order valence-corrected chi connectivity index (χ4v) is 1.96. The van der Waals surface area contributed by atoms with Crippen LogP contribution in [0.25, 0.3) is 10.8 Å². The molecule has 7 heteroatoms. The Morgan fingerprint density at radius 3 is 2.18 bits per heavy atom. The van der Waals surface area contributed by atoms with Crippen LogP contribution in [0, 0.1) is 10.5 Å². The number of nitrogens with zero attached hydrogens (tertiary/aromatic N) is 2. The van der Waals surface area contributed by atoms with Gasteiger partial charge in [0.1, 0.15) is 5.82 Å². The molecule has 0 saturated heterocycles. The van der Waals surface area contributed by atoms with Crippen molar-refractivity contribution < 1.29 is 4.79 Å². The Morgan fingerprint density at radius 1 is 1.09 bits per heavy atom. The Kier molecular flexibility index (Phi) is 12.6. The van der Waals surface area contributed by atoms with Crippen LogP contribution < -0.4 is 5.32 Å². The number of pyridine rings is 2. The highest BCUT2D eigenvalue weighted by Gasteiger charge is 2.04. The van der Waals surface area contributed by atoms with E-state index in [0.29, 0.717) is 12.2 Å². The molecule has 1 N–H and O–H groups in total. The number of nitrogens with one attached hydrogen (secondary N) is 1. The molecule has 0 atom stereocenters. The van der Waals surface area contributed by atoms with E-state index < -0.39 is 0 Å². The SMILES string of the molecule is C1CC1.CS.CS.Cc1ncc(I)c2cc(NC=O)ncc12. The van der Waals surface area contributed by atoms with Gasteiger partial charge < -0.3 is 5.32 Å². The molecule has 1 fully saturated rings. The second-order valence-corrected chi connectivity index (χ2v) is 5.29. The third-order valence-electron chi connectivity index (χ3n) is 2.48. The molecule has 0 unspecified atom stereocenters. The van der Waals surface area contributed by atoms with Crippen LogP contribution >= 0.6 is 47.8 Å². The number of aryl methyl sites for hydroxylation is 1. The maximum Gasteiger partial charge on any atom is 0.212 e. The van der Waals surface area contributed by atoms with Gasteiger partial charge in [0.2, 0.25) is 6.41 Å². The number of carbonyl (C=O) groups is 1. The van der Waals surface area contributed by atoms with Gasteiger partial charge in [-0.2, -0.15) is 25.3 Å². The fourth-order valence-electron chi connectivity index (χ4n) is 1.37. The van der Waals surface area contributed by atoms with Gasteiger partial charge in [-0.15, -0.1) is 0 Å². The number of anilines is 1. The molecule has 1 aliphatic rings. The zero-order valence-electron chi connectivity index (χ0n) is 13.0. The number of aromatic nitrogens is 2. The van der Waals surface area contributed by atoms with Gasteiger partial charge in [-0.05, 0) is 48.1 Å². The van der Waals surface area contributed by atoms with Crippen LogP contribution in [-0.4, -0.2) is 28.9 Å². The van der Waals surface area contributed by atoms with E-state index in [2.05, 4.69) is 63.1 Å². The van der Waals surface area contributed by atoms with Gasteiger partial charge >= 0.3 is 0 Å². The maximum absolute atomic E-state index is 10.3. The minimum atomic E-state index is 0.556. The molecule has 2 heterocycles. The van der Waals surface area contributed by atoms with Gasteiger partial charge in [-0.25, -0.2) is 4.98 Å². The fraction of sp³-hybridized carbons (Fsp3) is 0.400. The van der Waals surface area contributed by atoms with Gasteiger partial charge in [0.05, 0.1) is 0 Å². The molecule has 122 valence electrons. The minimum absolute atomic E-state index is 0.556. The van der Waals surface area contributed by atoms with Crippen LogP contribution in [0.15, 0.2) is 18.5 Å². The molecule has 0 aliphatic heterocycles. The van der Waals surface area contributed by atoms with Gasteiger partial charge in [0.15, 0.2) is 0 Å². The smallest absolute Gasteiger partial charge is 0.212 e. The van der Waals surface area contributed by atoms with Crippen molar-refractivity contribution in [2.75, 3.05) is 17.8 Å². The summed E-state index contributed by atoms with van der Waals surface area (Å²) in [5.74, 6) is 0.556. The minimum Gasteiger partial charge on any atom is -0.313 e. The van der Waals surface area contributed by atoms with Crippen molar-refractivity contribution in [3.8, 4) is 0 Å². The molecular formula is C15H22IN3OS2. The number of carbonyl (C=O) groups excluding carboxylic acids is 1. The molecule has 1 amide bonds. The monoisotopic (exact) mass is 451 g/mol. The number of halogens is 1. The van der Waals surface area contributed by atoms with E-state index in [1.165, 1.54) is 19.3 Å². The number of amides is 1. The molecule has 1 aliphatic carbocycles. The quantitative estimate of drug-likeness (QED) is 0.361. The molecule has 0 bridgehead atoms. The lowest BCUT2D eigenvalue weighted by Crippen LogP contribution is -1.97. The van der Waals surface area contributed by atoms with Crippen LogP contribution in [0.3, 0.4) is 0 Å². The summed E-state index contributed by atoms with van der Waals surface area (Å²) in [6.45, 7) is 1.94. The Bertz CT molecular complexity index is 577. The lowest BCUT2D eigenvalue weighted by Gasteiger charge is -2.05. The molecule has 3 rings (SSSR count). The molecule has 22 heavy (non-hydrogen) atoms. The van der Waals surface area contributed by atoms with Crippen molar-refractivity contribution in [1.29, 1.82) is 0 Å². The first-order valence-corrected chi connectivity index (χ1v) is 9.59. The summed E-state index contributed by atoms with van der Waals surface area (Å²) < 4.78 is 1.05. The van der Waals surface area contributed by atoms with Crippen LogP contribution in [0.2, 0.25) is 0 Å². The summed E-state index contributed by atoms with van der Waals surface area (Å²) in [6.07, 6.45) is 12.0. The average molecular weight is 451 g/mol. The molecule has 4 nitrogen and oxygen atoms in total. The zero-order valence-corrected chi connectivity index (χ0v) is 17.0. The number of rotatable bonds is 2. The molecule has 0 aromatic carbocycles. The third-order valence-corrected chi connectivity index (χ3v) is 3.34.